The molecule has 0 aliphatic rings. The lowest BCUT2D eigenvalue weighted by Crippen LogP contribution is -2.35. The molecule has 1 aromatic carbocycles. The second kappa shape index (κ2) is 13.2. The molecule has 0 saturated carbocycles. The van der Waals surface area contributed by atoms with Crippen LogP contribution in [-0.2, 0) is 9.59 Å². The van der Waals surface area contributed by atoms with E-state index in [1.54, 1.807) is 6.92 Å². The molecule has 0 aromatic heterocycles. The number of rotatable bonds is 10. The van der Waals surface area contributed by atoms with Crippen LogP contribution in [0.2, 0.25) is 0 Å². The molecule has 6 N–H and O–H groups in total. The fourth-order valence-corrected chi connectivity index (χ4v) is 6.31. The van der Waals surface area contributed by atoms with Gasteiger partial charge < -0.3 is 31.3 Å². The van der Waals surface area contributed by atoms with Crippen molar-refractivity contribution in [3.8, 4) is 0 Å². The first kappa shape index (κ1) is 26.7. The van der Waals surface area contributed by atoms with Gasteiger partial charge in [-0.25, -0.2) is 0 Å². The predicted octanol–water partition coefficient (Wildman–Crippen LogP) is 1.64. The highest BCUT2D eigenvalue weighted by atomic mass is 127. The van der Waals surface area contributed by atoms with Crippen molar-refractivity contribution in [3.63, 3.8) is 0 Å². The lowest BCUT2D eigenvalue weighted by Gasteiger charge is -2.20. The number of aliphatic hydroxyl groups excluding tert-OH is 3. The molecule has 9 nitrogen and oxygen atoms in total. The molecule has 0 bridgehead atoms. The summed E-state index contributed by atoms with van der Waals surface area (Å²) in [5, 5.41) is 35.4. The molecule has 1 aromatic rings. The Balaban J connectivity index is 3.42. The van der Waals surface area contributed by atoms with E-state index in [-0.39, 0.29) is 43.4 Å². The average molecular weight is 745 g/mol. The van der Waals surface area contributed by atoms with Crippen LogP contribution in [0, 0.1) is 10.7 Å². The third-order valence-corrected chi connectivity index (χ3v) is 6.90. The first-order valence-electron chi connectivity index (χ1n) is 8.65. The summed E-state index contributed by atoms with van der Waals surface area (Å²) in [7, 11) is 0. The number of amides is 3. The van der Waals surface area contributed by atoms with Gasteiger partial charge in [0.05, 0.1) is 40.4 Å². The van der Waals surface area contributed by atoms with E-state index in [9.17, 15) is 19.5 Å². The van der Waals surface area contributed by atoms with Gasteiger partial charge >= 0.3 is 0 Å². The van der Waals surface area contributed by atoms with Crippen LogP contribution in [0.5, 0.6) is 0 Å². The monoisotopic (exact) mass is 745 g/mol. The van der Waals surface area contributed by atoms with Crippen molar-refractivity contribution < 1.29 is 29.7 Å². The Bertz CT molecular complexity index is 776. The molecule has 0 fully saturated rings. The van der Waals surface area contributed by atoms with Crippen LogP contribution in [0.3, 0.4) is 0 Å². The molecule has 29 heavy (non-hydrogen) atoms. The standard InChI is InChI=1S/C17H22I3N3O6/c1-2-9(27)22-15-12(18)11(17(29)21-6-8(26)7-25)13(19)16(14(15)20)23-10(28)4-3-5-24/h8,24-26H,2-7H2,1H3,(H,21,29)(H,22,27)(H,23,28). The molecule has 0 aliphatic heterocycles. The van der Waals surface area contributed by atoms with Crippen molar-refractivity contribution >= 4 is 96.9 Å². The smallest absolute Gasteiger partial charge is 0.253 e. The molecule has 0 radical (unpaired) electrons. The lowest BCUT2D eigenvalue weighted by molar-refractivity contribution is -0.117. The third-order valence-electron chi connectivity index (χ3n) is 3.66. The minimum atomic E-state index is -1.10. The Morgan fingerprint density at radius 2 is 1.52 bits per heavy atom. The third kappa shape index (κ3) is 7.71. The van der Waals surface area contributed by atoms with Crippen LogP contribution < -0.4 is 16.0 Å². The average Bonchev–Trinajstić information content (AvgIpc) is 2.70. The van der Waals surface area contributed by atoms with Gasteiger partial charge in [0.2, 0.25) is 11.8 Å². The SMILES string of the molecule is CCC(=O)Nc1c(I)c(NC(=O)CCCO)c(I)c(C(=O)NCC(O)CO)c1I. The van der Waals surface area contributed by atoms with Gasteiger partial charge in [0.25, 0.3) is 5.91 Å². The predicted molar refractivity (Wildman–Crippen MR) is 134 cm³/mol. The summed E-state index contributed by atoms with van der Waals surface area (Å²) in [6.45, 7) is 0.934. The van der Waals surface area contributed by atoms with E-state index in [1.165, 1.54) is 0 Å². The number of carbonyl (C=O) groups is 3. The van der Waals surface area contributed by atoms with Gasteiger partial charge in [-0.05, 0) is 74.2 Å². The van der Waals surface area contributed by atoms with E-state index >= 15 is 0 Å². The van der Waals surface area contributed by atoms with Crippen molar-refractivity contribution in [1.29, 1.82) is 0 Å². The van der Waals surface area contributed by atoms with Crippen LogP contribution in [0.15, 0.2) is 0 Å². The fourth-order valence-electron chi connectivity index (χ4n) is 2.12. The summed E-state index contributed by atoms with van der Waals surface area (Å²) in [4.78, 5) is 37.0. The summed E-state index contributed by atoms with van der Waals surface area (Å²) in [5.74, 6) is -1.09. The molecule has 0 saturated heterocycles. The topological polar surface area (TPSA) is 148 Å². The number of anilines is 2. The Hall–Kier alpha value is -0.300. The second-order valence-electron chi connectivity index (χ2n) is 5.89. The second-order valence-corrected chi connectivity index (χ2v) is 9.13. The summed E-state index contributed by atoms with van der Waals surface area (Å²) >= 11 is 5.90. The number of benzene rings is 1. The highest BCUT2D eigenvalue weighted by molar-refractivity contribution is 14.1. The first-order chi connectivity index (χ1) is 13.7. The van der Waals surface area contributed by atoms with E-state index in [2.05, 4.69) is 16.0 Å². The molecule has 1 atom stereocenters. The quantitative estimate of drug-likeness (QED) is 0.201. The van der Waals surface area contributed by atoms with Crippen LogP contribution in [0.4, 0.5) is 11.4 Å². The molecule has 0 spiro atoms. The van der Waals surface area contributed by atoms with E-state index in [0.29, 0.717) is 28.5 Å². The Labute approximate surface area is 209 Å². The van der Waals surface area contributed by atoms with Gasteiger partial charge in [-0.3, -0.25) is 14.4 Å². The van der Waals surface area contributed by atoms with Gasteiger partial charge in [0, 0.05) is 26.0 Å². The number of nitrogens with one attached hydrogen (secondary N) is 3. The maximum atomic E-state index is 12.8. The van der Waals surface area contributed by atoms with E-state index in [4.69, 9.17) is 10.2 Å². The highest BCUT2D eigenvalue weighted by Gasteiger charge is 2.26. The number of carbonyl (C=O) groups excluding carboxylic acids is 3. The zero-order valence-corrected chi connectivity index (χ0v) is 22.0. The van der Waals surface area contributed by atoms with E-state index in [1.807, 2.05) is 67.8 Å². The van der Waals surface area contributed by atoms with E-state index < -0.39 is 18.6 Å². The lowest BCUT2D eigenvalue weighted by atomic mass is 10.1. The molecule has 0 heterocycles. The van der Waals surface area contributed by atoms with E-state index in [0.717, 1.165) is 0 Å². The molecule has 0 aliphatic carbocycles. The number of aliphatic hydroxyl groups is 3. The summed E-state index contributed by atoms with van der Waals surface area (Å²) in [6, 6.07) is 0. The molecule has 1 rings (SSSR count). The number of hydrogen-bond donors (Lipinski definition) is 6. The summed E-state index contributed by atoms with van der Waals surface area (Å²) in [5.41, 5.74) is 1.03. The molecular weight excluding hydrogens is 723 g/mol. The van der Waals surface area contributed by atoms with Crippen molar-refractivity contribution in [3.05, 3.63) is 16.3 Å². The number of hydrogen-bond acceptors (Lipinski definition) is 6. The van der Waals surface area contributed by atoms with Gasteiger partial charge in [-0.2, -0.15) is 0 Å². The van der Waals surface area contributed by atoms with Crippen LogP contribution in [0.25, 0.3) is 0 Å². The molecule has 162 valence electrons. The zero-order valence-electron chi connectivity index (χ0n) is 15.5. The first-order valence-corrected chi connectivity index (χ1v) is 11.9. The Morgan fingerprint density at radius 3 is 2.00 bits per heavy atom. The minimum absolute atomic E-state index is 0.107. The Morgan fingerprint density at radius 1 is 0.966 bits per heavy atom. The van der Waals surface area contributed by atoms with Crippen LogP contribution >= 0.6 is 67.8 Å². The highest BCUT2D eigenvalue weighted by Crippen LogP contribution is 2.39. The minimum Gasteiger partial charge on any atom is -0.396 e. The van der Waals surface area contributed by atoms with Crippen molar-refractivity contribution in [1.82, 2.24) is 5.32 Å². The van der Waals surface area contributed by atoms with Crippen molar-refractivity contribution in [2.75, 3.05) is 30.4 Å². The van der Waals surface area contributed by atoms with Gasteiger partial charge in [0.15, 0.2) is 0 Å². The fraction of sp³-hybridized carbons (Fsp3) is 0.471. The summed E-state index contributed by atoms with van der Waals surface area (Å²) in [6.07, 6.45) is -0.458. The maximum Gasteiger partial charge on any atom is 0.253 e. The number of halogens is 3. The largest absolute Gasteiger partial charge is 0.396 e. The normalized spacial score (nSPS) is 11.7. The van der Waals surface area contributed by atoms with Crippen LogP contribution in [0.1, 0.15) is 36.5 Å². The molecule has 3 amide bonds. The molecule has 12 heteroatoms. The van der Waals surface area contributed by atoms with Gasteiger partial charge in [0.1, 0.15) is 0 Å². The van der Waals surface area contributed by atoms with Gasteiger partial charge in [-0.15, -0.1) is 0 Å². The maximum absolute atomic E-state index is 12.8. The van der Waals surface area contributed by atoms with Crippen molar-refractivity contribution in [2.45, 2.75) is 32.3 Å². The van der Waals surface area contributed by atoms with Crippen molar-refractivity contribution in [2.24, 2.45) is 0 Å². The Kier molecular flexibility index (Phi) is 12.2. The van der Waals surface area contributed by atoms with Crippen LogP contribution in [-0.4, -0.2) is 58.9 Å². The summed E-state index contributed by atoms with van der Waals surface area (Å²) < 4.78 is 1.53. The zero-order chi connectivity index (χ0) is 22.1. The molecular formula is C17H22I3N3O6. The molecule has 1 unspecified atom stereocenters. The van der Waals surface area contributed by atoms with Gasteiger partial charge in [-0.1, -0.05) is 6.92 Å².